The molecular weight excluding hydrogens is 411 g/mol. The van der Waals surface area contributed by atoms with Crippen molar-refractivity contribution in [1.29, 1.82) is 0 Å². The molecule has 0 unspecified atom stereocenters. The molecule has 0 aliphatic rings. The third kappa shape index (κ3) is 6.04. The van der Waals surface area contributed by atoms with Gasteiger partial charge in [-0.05, 0) is 72.3 Å². The first-order valence-electron chi connectivity index (χ1n) is 8.16. The summed E-state index contributed by atoms with van der Waals surface area (Å²) in [5, 5.41) is 2.64. The van der Waals surface area contributed by atoms with E-state index in [9.17, 15) is 9.18 Å². The average molecular weight is 427 g/mol. The molecule has 0 saturated heterocycles. The van der Waals surface area contributed by atoms with Gasteiger partial charge in [0.15, 0.2) is 6.61 Å². The van der Waals surface area contributed by atoms with Crippen LogP contribution in [0.1, 0.15) is 5.56 Å². The van der Waals surface area contributed by atoms with E-state index in [2.05, 4.69) is 26.2 Å². The minimum atomic E-state index is -0.354. The zero-order valence-corrected chi connectivity index (χ0v) is 15.8. The van der Waals surface area contributed by atoms with Crippen LogP contribution in [-0.4, -0.2) is 18.7 Å². The van der Waals surface area contributed by atoms with E-state index in [4.69, 9.17) is 4.74 Å². The molecule has 0 saturated carbocycles. The van der Waals surface area contributed by atoms with Gasteiger partial charge in [-0.2, -0.15) is 0 Å². The van der Waals surface area contributed by atoms with Crippen LogP contribution in [0.15, 0.2) is 82.3 Å². The van der Waals surface area contributed by atoms with Gasteiger partial charge in [-0.25, -0.2) is 4.39 Å². The predicted molar refractivity (Wildman–Crippen MR) is 108 cm³/mol. The molecule has 0 bridgehead atoms. The van der Waals surface area contributed by atoms with Crippen LogP contribution >= 0.6 is 15.9 Å². The number of anilines is 1. The smallest absolute Gasteiger partial charge is 0.262 e. The molecule has 0 fully saturated rings. The van der Waals surface area contributed by atoms with Crippen LogP contribution in [0, 0.1) is 5.82 Å². The summed E-state index contributed by atoms with van der Waals surface area (Å²) in [6.07, 6.45) is 1.76. The lowest BCUT2D eigenvalue weighted by Crippen LogP contribution is -2.20. The highest BCUT2D eigenvalue weighted by atomic mass is 79.9. The van der Waals surface area contributed by atoms with Crippen molar-refractivity contribution in [1.82, 2.24) is 0 Å². The van der Waals surface area contributed by atoms with Crippen molar-refractivity contribution in [2.24, 2.45) is 4.99 Å². The van der Waals surface area contributed by atoms with Crippen molar-refractivity contribution in [2.75, 3.05) is 11.9 Å². The summed E-state index contributed by atoms with van der Waals surface area (Å²) in [6, 6.07) is 20.5. The normalized spacial score (nSPS) is 10.7. The van der Waals surface area contributed by atoms with Crippen LogP contribution in [0.4, 0.5) is 15.8 Å². The number of carbonyl (C=O) groups is 1. The fourth-order valence-electron chi connectivity index (χ4n) is 2.23. The summed E-state index contributed by atoms with van der Waals surface area (Å²) in [6.45, 7) is -0.136. The van der Waals surface area contributed by atoms with Crippen molar-refractivity contribution in [3.63, 3.8) is 0 Å². The summed E-state index contributed by atoms with van der Waals surface area (Å²) >= 11 is 3.41. The Morgan fingerprint density at radius 3 is 2.52 bits per heavy atom. The van der Waals surface area contributed by atoms with Crippen molar-refractivity contribution >= 4 is 39.4 Å². The SMILES string of the molecule is O=C(COc1ccc(C=Nc2cccc(Br)c2)cc1)Nc1ccc(F)cc1. The molecule has 1 amide bonds. The van der Waals surface area contributed by atoms with E-state index < -0.39 is 0 Å². The highest BCUT2D eigenvalue weighted by Gasteiger charge is 2.04. The molecule has 0 aliphatic carbocycles. The van der Waals surface area contributed by atoms with Crippen LogP contribution in [0.3, 0.4) is 0 Å². The molecule has 0 aromatic heterocycles. The molecule has 3 aromatic carbocycles. The van der Waals surface area contributed by atoms with E-state index in [-0.39, 0.29) is 18.3 Å². The number of amides is 1. The first-order valence-corrected chi connectivity index (χ1v) is 8.96. The van der Waals surface area contributed by atoms with Gasteiger partial charge in [0.1, 0.15) is 11.6 Å². The van der Waals surface area contributed by atoms with Crippen LogP contribution < -0.4 is 10.1 Å². The van der Waals surface area contributed by atoms with Gasteiger partial charge in [0.2, 0.25) is 0 Å². The Labute approximate surface area is 164 Å². The fraction of sp³-hybridized carbons (Fsp3) is 0.0476. The number of nitrogens with zero attached hydrogens (tertiary/aromatic N) is 1. The summed E-state index contributed by atoms with van der Waals surface area (Å²) in [7, 11) is 0. The molecule has 0 aliphatic heterocycles. The molecular formula is C21H16BrFN2O2. The lowest BCUT2D eigenvalue weighted by molar-refractivity contribution is -0.118. The minimum Gasteiger partial charge on any atom is -0.484 e. The maximum Gasteiger partial charge on any atom is 0.262 e. The van der Waals surface area contributed by atoms with E-state index in [1.54, 1.807) is 18.3 Å². The van der Waals surface area contributed by atoms with Gasteiger partial charge in [0.05, 0.1) is 5.69 Å². The molecule has 136 valence electrons. The quantitative estimate of drug-likeness (QED) is 0.539. The second kappa shape index (κ2) is 9.09. The topological polar surface area (TPSA) is 50.7 Å². The molecule has 0 spiro atoms. The van der Waals surface area contributed by atoms with Crippen LogP contribution in [-0.2, 0) is 4.79 Å². The lowest BCUT2D eigenvalue weighted by Gasteiger charge is -2.07. The van der Waals surface area contributed by atoms with Gasteiger partial charge < -0.3 is 10.1 Å². The van der Waals surface area contributed by atoms with E-state index in [1.807, 2.05) is 36.4 Å². The molecule has 0 atom stereocenters. The first-order chi connectivity index (χ1) is 13.1. The van der Waals surface area contributed by atoms with Gasteiger partial charge in [-0.1, -0.05) is 22.0 Å². The summed E-state index contributed by atoms with van der Waals surface area (Å²) in [5.41, 5.74) is 2.28. The third-order valence-electron chi connectivity index (χ3n) is 3.55. The molecule has 27 heavy (non-hydrogen) atoms. The van der Waals surface area contributed by atoms with Crippen LogP contribution in [0.25, 0.3) is 0 Å². The number of benzene rings is 3. The average Bonchev–Trinajstić information content (AvgIpc) is 2.67. The number of carbonyl (C=O) groups excluding carboxylic acids is 1. The fourth-order valence-corrected chi connectivity index (χ4v) is 2.62. The third-order valence-corrected chi connectivity index (χ3v) is 4.04. The van der Waals surface area contributed by atoms with Crippen LogP contribution in [0.2, 0.25) is 0 Å². The highest BCUT2D eigenvalue weighted by molar-refractivity contribution is 9.10. The Morgan fingerprint density at radius 2 is 1.81 bits per heavy atom. The largest absolute Gasteiger partial charge is 0.484 e. The van der Waals surface area contributed by atoms with Gasteiger partial charge >= 0.3 is 0 Å². The van der Waals surface area contributed by atoms with Gasteiger partial charge in [-0.15, -0.1) is 0 Å². The maximum absolute atomic E-state index is 12.8. The molecule has 0 radical (unpaired) electrons. The van der Waals surface area contributed by atoms with Gasteiger partial charge in [0, 0.05) is 16.4 Å². The van der Waals surface area contributed by atoms with Crippen molar-refractivity contribution in [2.45, 2.75) is 0 Å². The molecule has 4 nitrogen and oxygen atoms in total. The Morgan fingerprint density at radius 1 is 1.07 bits per heavy atom. The van der Waals surface area contributed by atoms with Gasteiger partial charge in [-0.3, -0.25) is 9.79 Å². The Hall–Kier alpha value is -2.99. The van der Waals surface area contributed by atoms with Crippen molar-refractivity contribution in [3.8, 4) is 5.75 Å². The summed E-state index contributed by atoms with van der Waals surface area (Å²) in [5.74, 6) is -0.0986. The molecule has 3 rings (SSSR count). The second-order valence-corrected chi connectivity index (χ2v) is 6.57. The van der Waals surface area contributed by atoms with Crippen molar-refractivity contribution in [3.05, 3.63) is 88.6 Å². The molecule has 3 aromatic rings. The van der Waals surface area contributed by atoms with E-state index in [0.29, 0.717) is 11.4 Å². The Bertz CT molecular complexity index is 941. The molecule has 1 N–H and O–H groups in total. The zero-order chi connectivity index (χ0) is 19.1. The first kappa shape index (κ1) is 18.8. The Balaban J connectivity index is 1.51. The van der Waals surface area contributed by atoms with Crippen LogP contribution in [0.5, 0.6) is 5.75 Å². The number of ether oxygens (including phenoxy) is 1. The standard InChI is InChI=1S/C21H16BrFN2O2/c22-16-2-1-3-19(12-16)24-13-15-4-10-20(11-5-15)27-14-21(26)25-18-8-6-17(23)7-9-18/h1-13H,14H2,(H,25,26). The minimum absolute atomic E-state index is 0.136. The van der Waals surface area contributed by atoms with E-state index >= 15 is 0 Å². The van der Waals surface area contributed by atoms with E-state index in [0.717, 1.165) is 15.7 Å². The maximum atomic E-state index is 12.8. The summed E-state index contributed by atoms with van der Waals surface area (Å²) < 4.78 is 19.3. The van der Waals surface area contributed by atoms with Gasteiger partial charge in [0.25, 0.3) is 5.91 Å². The number of rotatable bonds is 6. The number of hydrogen-bond acceptors (Lipinski definition) is 3. The lowest BCUT2D eigenvalue weighted by atomic mass is 10.2. The predicted octanol–water partition coefficient (Wildman–Crippen LogP) is 5.36. The monoisotopic (exact) mass is 426 g/mol. The second-order valence-electron chi connectivity index (χ2n) is 5.65. The highest BCUT2D eigenvalue weighted by Crippen LogP contribution is 2.19. The molecule has 0 heterocycles. The zero-order valence-electron chi connectivity index (χ0n) is 14.2. The van der Waals surface area contributed by atoms with E-state index in [1.165, 1.54) is 24.3 Å². The summed E-state index contributed by atoms with van der Waals surface area (Å²) in [4.78, 5) is 16.3. The number of halogens is 2. The number of nitrogens with one attached hydrogen (secondary N) is 1. The Kier molecular flexibility index (Phi) is 6.33. The number of aliphatic imine (C=N–C) groups is 1. The van der Waals surface area contributed by atoms with Crippen molar-refractivity contribution < 1.29 is 13.9 Å². The molecule has 6 heteroatoms. The number of hydrogen-bond donors (Lipinski definition) is 1.